The van der Waals surface area contributed by atoms with Gasteiger partial charge in [-0.05, 0) is 12.5 Å². The highest BCUT2D eigenvalue weighted by Crippen LogP contribution is 2.14. The average Bonchev–Trinajstić information content (AvgIpc) is 2.62. The van der Waals surface area contributed by atoms with Gasteiger partial charge in [0.15, 0.2) is 0 Å². The Kier molecular flexibility index (Phi) is 6.73. The molecule has 7 heteroatoms. The number of rotatable bonds is 8. The van der Waals surface area contributed by atoms with Crippen LogP contribution in [0.3, 0.4) is 0 Å². The lowest BCUT2D eigenvalue weighted by Gasteiger charge is -2.11. The van der Waals surface area contributed by atoms with E-state index >= 15 is 0 Å². The van der Waals surface area contributed by atoms with Crippen LogP contribution >= 0.6 is 0 Å². The second-order valence-electron chi connectivity index (χ2n) is 5.07. The molecule has 0 saturated heterocycles. The molecule has 0 spiro atoms. The summed E-state index contributed by atoms with van der Waals surface area (Å²) < 4.78 is 0. The van der Waals surface area contributed by atoms with Crippen LogP contribution in [0, 0.1) is 6.92 Å². The molecular formula is C17H22N6O. The number of hydrogen-bond acceptors (Lipinski definition) is 7. The Labute approximate surface area is 141 Å². The fraction of sp³-hybridized carbons (Fsp3) is 0.235. The van der Waals surface area contributed by atoms with E-state index in [1.807, 2.05) is 25.1 Å². The van der Waals surface area contributed by atoms with Crippen molar-refractivity contribution in [2.45, 2.75) is 13.5 Å². The van der Waals surface area contributed by atoms with Crippen LogP contribution in [0.15, 0.2) is 53.4 Å². The zero-order valence-corrected chi connectivity index (χ0v) is 13.6. The molecule has 0 aliphatic heterocycles. The first-order chi connectivity index (χ1) is 11.7. The van der Waals surface area contributed by atoms with Crippen molar-refractivity contribution >= 4 is 18.0 Å². The molecule has 0 aliphatic carbocycles. The Hall–Kier alpha value is -2.93. The van der Waals surface area contributed by atoms with Gasteiger partial charge in [0, 0.05) is 30.7 Å². The van der Waals surface area contributed by atoms with Gasteiger partial charge in [-0.25, -0.2) is 4.98 Å². The number of allylic oxidation sites excluding steroid dienone is 1. The predicted molar refractivity (Wildman–Crippen MR) is 96.9 cm³/mol. The molecule has 0 bridgehead atoms. The number of aliphatic imine (C=N–C) groups is 1. The molecular weight excluding hydrogens is 304 g/mol. The molecule has 0 fully saturated rings. The molecule has 0 saturated carbocycles. The molecule has 1 aromatic carbocycles. The van der Waals surface area contributed by atoms with E-state index in [0.717, 1.165) is 11.4 Å². The first-order valence-electron chi connectivity index (χ1n) is 7.64. The summed E-state index contributed by atoms with van der Waals surface area (Å²) in [4.78, 5) is 12.7. The third-order valence-corrected chi connectivity index (χ3v) is 3.17. The third kappa shape index (κ3) is 5.36. The van der Waals surface area contributed by atoms with Crippen LogP contribution in [0.2, 0.25) is 0 Å². The van der Waals surface area contributed by atoms with Gasteiger partial charge in [-0.2, -0.15) is 4.98 Å². The highest BCUT2D eigenvalue weighted by atomic mass is 16.3. The Morgan fingerprint density at radius 2 is 2.12 bits per heavy atom. The van der Waals surface area contributed by atoms with Crippen LogP contribution in [0.4, 0.5) is 11.8 Å². The second-order valence-corrected chi connectivity index (χ2v) is 5.07. The normalized spacial score (nSPS) is 11.7. The van der Waals surface area contributed by atoms with E-state index in [4.69, 9.17) is 10.8 Å². The molecule has 1 heterocycles. The van der Waals surface area contributed by atoms with E-state index in [0.29, 0.717) is 24.7 Å². The van der Waals surface area contributed by atoms with E-state index in [2.05, 4.69) is 37.7 Å². The molecule has 126 valence electrons. The molecule has 2 aromatic rings. The van der Waals surface area contributed by atoms with Gasteiger partial charge in [0.1, 0.15) is 5.82 Å². The summed E-state index contributed by atoms with van der Waals surface area (Å²) in [5, 5.41) is 15.0. The number of nitrogens with one attached hydrogen (secondary N) is 2. The summed E-state index contributed by atoms with van der Waals surface area (Å²) in [6.45, 7) is 2.93. The van der Waals surface area contributed by atoms with Gasteiger partial charge in [-0.1, -0.05) is 30.3 Å². The Morgan fingerprint density at radius 3 is 2.83 bits per heavy atom. The van der Waals surface area contributed by atoms with E-state index in [1.165, 1.54) is 18.0 Å². The number of anilines is 2. The van der Waals surface area contributed by atoms with Crippen molar-refractivity contribution in [3.63, 3.8) is 0 Å². The molecule has 0 unspecified atom stereocenters. The Bertz CT molecular complexity index is 699. The van der Waals surface area contributed by atoms with Crippen molar-refractivity contribution in [2.75, 3.05) is 23.8 Å². The first-order valence-corrected chi connectivity index (χ1v) is 7.64. The van der Waals surface area contributed by atoms with Crippen LogP contribution in [0.25, 0.3) is 0 Å². The standard InChI is InChI=1S/C17H22N6O/c1-13-10-21-17(22-15(9-18)12-19-7-8-24)23-16(13)20-11-14-5-3-2-4-6-14/h2-6,9-10,12,24H,7-8,11,18H2,1H3,(H2,20,21,22,23)/b15-9+,19-12?. The maximum Gasteiger partial charge on any atom is 0.229 e. The van der Waals surface area contributed by atoms with Crippen molar-refractivity contribution in [2.24, 2.45) is 10.7 Å². The average molecular weight is 326 g/mol. The van der Waals surface area contributed by atoms with Crippen molar-refractivity contribution in [1.82, 2.24) is 9.97 Å². The Morgan fingerprint density at radius 1 is 1.33 bits per heavy atom. The monoisotopic (exact) mass is 326 g/mol. The highest BCUT2D eigenvalue weighted by molar-refractivity contribution is 5.82. The van der Waals surface area contributed by atoms with E-state index < -0.39 is 0 Å². The van der Waals surface area contributed by atoms with Crippen LogP contribution in [-0.4, -0.2) is 34.4 Å². The van der Waals surface area contributed by atoms with E-state index in [-0.39, 0.29) is 6.61 Å². The van der Waals surface area contributed by atoms with Crippen LogP contribution < -0.4 is 16.4 Å². The minimum atomic E-state index is -0.0110. The Balaban J connectivity index is 2.04. The lowest BCUT2D eigenvalue weighted by Crippen LogP contribution is -2.10. The zero-order chi connectivity index (χ0) is 17.2. The van der Waals surface area contributed by atoms with Crippen LogP contribution in [0.5, 0.6) is 0 Å². The lowest BCUT2D eigenvalue weighted by atomic mass is 10.2. The minimum Gasteiger partial charge on any atom is -0.403 e. The summed E-state index contributed by atoms with van der Waals surface area (Å²) in [7, 11) is 0. The largest absolute Gasteiger partial charge is 0.403 e. The fourth-order valence-electron chi connectivity index (χ4n) is 1.93. The molecule has 24 heavy (non-hydrogen) atoms. The van der Waals surface area contributed by atoms with Gasteiger partial charge in [-0.15, -0.1) is 0 Å². The summed E-state index contributed by atoms with van der Waals surface area (Å²) in [6.07, 6.45) is 4.65. The van der Waals surface area contributed by atoms with Crippen molar-refractivity contribution < 1.29 is 5.11 Å². The number of aryl methyl sites for hydroxylation is 1. The van der Waals surface area contributed by atoms with Gasteiger partial charge < -0.3 is 21.5 Å². The van der Waals surface area contributed by atoms with Crippen molar-refractivity contribution in [1.29, 1.82) is 0 Å². The molecule has 5 N–H and O–H groups in total. The maximum atomic E-state index is 8.74. The molecule has 1 aromatic heterocycles. The fourth-order valence-corrected chi connectivity index (χ4v) is 1.93. The second kappa shape index (κ2) is 9.26. The quantitative estimate of drug-likeness (QED) is 0.550. The van der Waals surface area contributed by atoms with Crippen molar-refractivity contribution in [3.8, 4) is 0 Å². The lowest BCUT2D eigenvalue weighted by molar-refractivity contribution is 0.307. The number of aliphatic hydroxyl groups excluding tert-OH is 1. The number of nitrogens with zero attached hydrogens (tertiary/aromatic N) is 3. The number of hydrogen-bond donors (Lipinski definition) is 4. The summed E-state index contributed by atoms with van der Waals surface area (Å²) in [5.74, 6) is 1.17. The smallest absolute Gasteiger partial charge is 0.229 e. The predicted octanol–water partition coefficient (Wildman–Crippen LogP) is 1.67. The summed E-state index contributed by atoms with van der Waals surface area (Å²) in [5.41, 5.74) is 8.23. The van der Waals surface area contributed by atoms with Gasteiger partial charge in [0.05, 0.1) is 18.8 Å². The van der Waals surface area contributed by atoms with Gasteiger partial charge >= 0.3 is 0 Å². The number of aliphatic hydroxyl groups is 1. The number of nitrogens with two attached hydrogens (primary N) is 1. The van der Waals surface area contributed by atoms with E-state index in [9.17, 15) is 0 Å². The van der Waals surface area contributed by atoms with E-state index in [1.54, 1.807) is 6.20 Å². The molecule has 0 radical (unpaired) electrons. The van der Waals surface area contributed by atoms with Crippen molar-refractivity contribution in [3.05, 3.63) is 59.6 Å². The number of aromatic nitrogens is 2. The summed E-state index contributed by atoms with van der Waals surface area (Å²) in [6, 6.07) is 10.1. The zero-order valence-electron chi connectivity index (χ0n) is 13.6. The maximum absolute atomic E-state index is 8.74. The topological polar surface area (TPSA) is 108 Å². The SMILES string of the molecule is Cc1cnc(N/C(C=NCCO)=C/N)nc1NCc1ccccc1. The minimum absolute atomic E-state index is 0.0110. The highest BCUT2D eigenvalue weighted by Gasteiger charge is 2.05. The molecule has 0 amide bonds. The van der Waals surface area contributed by atoms with Crippen LogP contribution in [0.1, 0.15) is 11.1 Å². The summed E-state index contributed by atoms with van der Waals surface area (Å²) >= 11 is 0. The molecule has 2 rings (SSSR count). The van der Waals surface area contributed by atoms with Gasteiger partial charge in [-0.3, -0.25) is 4.99 Å². The van der Waals surface area contributed by atoms with Gasteiger partial charge in [0.25, 0.3) is 0 Å². The number of benzene rings is 1. The van der Waals surface area contributed by atoms with Crippen LogP contribution in [-0.2, 0) is 6.54 Å². The molecule has 7 nitrogen and oxygen atoms in total. The molecule has 0 aliphatic rings. The first kappa shape index (κ1) is 17.4. The van der Waals surface area contributed by atoms with Gasteiger partial charge in [0.2, 0.25) is 5.95 Å². The molecule has 0 atom stereocenters. The third-order valence-electron chi connectivity index (χ3n) is 3.17.